The summed E-state index contributed by atoms with van der Waals surface area (Å²) in [6.07, 6.45) is 0. The second-order valence-corrected chi connectivity index (χ2v) is 10.2. The zero-order chi connectivity index (χ0) is 27.3. The molecule has 3 aromatic carbocycles. The van der Waals surface area contributed by atoms with Gasteiger partial charge in [-0.1, -0.05) is 30.3 Å². The van der Waals surface area contributed by atoms with Gasteiger partial charge in [-0.25, -0.2) is 9.18 Å². The third kappa shape index (κ3) is 3.92. The van der Waals surface area contributed by atoms with Gasteiger partial charge in [-0.05, 0) is 42.0 Å². The molecule has 0 aliphatic carbocycles. The van der Waals surface area contributed by atoms with Crippen molar-refractivity contribution in [2.45, 2.75) is 11.5 Å². The Morgan fingerprint density at radius 3 is 2.46 bits per heavy atom. The second-order valence-electron chi connectivity index (χ2n) is 10.2. The highest BCUT2D eigenvalue weighted by atomic mass is 19.1. The number of aliphatic hydroxyl groups excluding tert-OH is 1. The molecule has 0 unspecified atom stereocenters. The Labute approximate surface area is 225 Å². The summed E-state index contributed by atoms with van der Waals surface area (Å²) in [6, 6.07) is 19.8. The summed E-state index contributed by atoms with van der Waals surface area (Å²) in [7, 11) is 3.51. The zero-order valence-electron chi connectivity index (χ0n) is 21.7. The van der Waals surface area contributed by atoms with Gasteiger partial charge in [-0.3, -0.25) is 4.79 Å². The van der Waals surface area contributed by atoms with E-state index in [1.165, 1.54) is 12.1 Å². The minimum Gasteiger partial charge on any atom is -0.497 e. The van der Waals surface area contributed by atoms with Gasteiger partial charge in [-0.2, -0.15) is 0 Å². The normalized spacial score (nSPS) is 17.6. The van der Waals surface area contributed by atoms with Crippen molar-refractivity contribution < 1.29 is 23.8 Å². The fourth-order valence-electron chi connectivity index (χ4n) is 6.17. The van der Waals surface area contributed by atoms with E-state index in [0.29, 0.717) is 24.4 Å². The van der Waals surface area contributed by atoms with Crippen LogP contribution in [0.2, 0.25) is 0 Å². The third-order valence-electron chi connectivity index (χ3n) is 7.99. The van der Waals surface area contributed by atoms with E-state index in [4.69, 9.17) is 4.74 Å². The molecule has 1 fully saturated rings. The maximum absolute atomic E-state index is 14.4. The van der Waals surface area contributed by atoms with E-state index in [1.54, 1.807) is 41.2 Å². The number of hydrogen-bond donors (Lipinski definition) is 2. The Bertz CT molecular complexity index is 1580. The first-order chi connectivity index (χ1) is 18.9. The molecule has 39 heavy (non-hydrogen) atoms. The summed E-state index contributed by atoms with van der Waals surface area (Å²) in [5.74, 6) is 0.0776. The first-order valence-corrected chi connectivity index (χ1v) is 12.8. The molecule has 4 aromatic rings. The van der Waals surface area contributed by atoms with E-state index >= 15 is 0 Å². The fraction of sp³-hybridized carbons (Fsp3) is 0.267. The van der Waals surface area contributed by atoms with Crippen LogP contribution in [-0.2, 0) is 12.5 Å². The van der Waals surface area contributed by atoms with Gasteiger partial charge >= 0.3 is 6.03 Å². The largest absolute Gasteiger partial charge is 0.497 e. The van der Waals surface area contributed by atoms with Crippen LogP contribution in [0.1, 0.15) is 27.7 Å². The number of urea groups is 1. The van der Waals surface area contributed by atoms with E-state index in [-0.39, 0.29) is 24.7 Å². The molecular formula is C30H29FN4O4. The van der Waals surface area contributed by atoms with Crippen LogP contribution in [-0.4, -0.2) is 64.8 Å². The minimum atomic E-state index is -0.667. The molecule has 200 valence electrons. The molecule has 6 rings (SSSR count). The summed E-state index contributed by atoms with van der Waals surface area (Å²) in [5.41, 5.74) is 2.83. The molecule has 0 saturated carbocycles. The van der Waals surface area contributed by atoms with Gasteiger partial charge in [0.05, 0.1) is 36.4 Å². The number of nitrogens with one attached hydrogen (secondary N) is 1. The highest BCUT2D eigenvalue weighted by Gasteiger charge is 2.55. The van der Waals surface area contributed by atoms with Gasteiger partial charge in [0.2, 0.25) is 0 Å². The molecule has 3 amide bonds. The van der Waals surface area contributed by atoms with Crippen LogP contribution in [0, 0.1) is 5.82 Å². The number of likely N-dealkylation sites (tertiary alicyclic amines) is 1. The minimum absolute atomic E-state index is 0.0651. The fourth-order valence-corrected chi connectivity index (χ4v) is 6.17. The number of rotatable bonds is 4. The lowest BCUT2D eigenvalue weighted by Crippen LogP contribution is -2.68. The predicted molar refractivity (Wildman–Crippen MR) is 145 cm³/mol. The molecule has 1 saturated heterocycles. The van der Waals surface area contributed by atoms with Gasteiger partial charge < -0.3 is 29.5 Å². The van der Waals surface area contributed by atoms with Crippen LogP contribution in [0.3, 0.4) is 0 Å². The molecule has 0 radical (unpaired) electrons. The van der Waals surface area contributed by atoms with E-state index in [0.717, 1.165) is 22.2 Å². The second kappa shape index (κ2) is 9.43. The number of aromatic nitrogens is 1. The summed E-state index contributed by atoms with van der Waals surface area (Å²) >= 11 is 0. The molecule has 1 aromatic heterocycles. The van der Waals surface area contributed by atoms with Crippen molar-refractivity contribution >= 4 is 28.5 Å². The Morgan fingerprint density at radius 2 is 1.77 bits per heavy atom. The average Bonchev–Trinajstić information content (AvgIpc) is 3.24. The summed E-state index contributed by atoms with van der Waals surface area (Å²) in [5, 5.41) is 14.3. The van der Waals surface area contributed by atoms with Crippen molar-refractivity contribution in [1.82, 2.24) is 14.4 Å². The van der Waals surface area contributed by atoms with Crippen molar-refractivity contribution in [3.63, 3.8) is 0 Å². The Kier molecular flexibility index (Phi) is 6.03. The Balaban J connectivity index is 1.44. The predicted octanol–water partition coefficient (Wildman–Crippen LogP) is 4.30. The van der Waals surface area contributed by atoms with E-state index < -0.39 is 23.3 Å². The molecule has 8 nitrogen and oxygen atoms in total. The number of methoxy groups -OCH3 is 1. The third-order valence-corrected chi connectivity index (χ3v) is 7.99. The number of para-hydroxylation sites is 1. The average molecular weight is 529 g/mol. The van der Waals surface area contributed by atoms with E-state index in [9.17, 15) is 19.1 Å². The summed E-state index contributed by atoms with van der Waals surface area (Å²) in [4.78, 5) is 30.2. The van der Waals surface area contributed by atoms with Crippen LogP contribution >= 0.6 is 0 Å². The number of benzene rings is 3. The van der Waals surface area contributed by atoms with Crippen LogP contribution < -0.4 is 10.1 Å². The maximum Gasteiger partial charge on any atom is 0.322 e. The van der Waals surface area contributed by atoms with Crippen molar-refractivity contribution in [3.05, 3.63) is 95.4 Å². The number of amides is 3. The standard InChI is InChI=1S/C30H29FN4O4/c1-33-24-14-20(39-2)12-13-21(24)26-27(33)25(15-36)35(29(38)32-23-11-7-6-10-22(23)31)18-30(26)16-34(17-30)28(37)19-8-4-3-5-9-19/h3-14,25,36H,15-18H2,1-2H3,(H,32,38)/t25-/m1/s1. The van der Waals surface area contributed by atoms with Crippen LogP contribution in [0.4, 0.5) is 14.9 Å². The number of ether oxygens (including phenoxy) is 1. The highest BCUT2D eigenvalue weighted by molar-refractivity contribution is 5.97. The lowest BCUT2D eigenvalue weighted by Gasteiger charge is -2.56. The van der Waals surface area contributed by atoms with Crippen molar-refractivity contribution in [2.24, 2.45) is 7.05 Å². The maximum atomic E-state index is 14.4. The number of aliphatic hydroxyl groups is 1. The van der Waals surface area contributed by atoms with Crippen LogP contribution in [0.25, 0.3) is 10.9 Å². The summed E-state index contributed by atoms with van der Waals surface area (Å²) in [6.45, 7) is 0.748. The smallest absolute Gasteiger partial charge is 0.322 e. The number of carbonyl (C=O) groups excluding carboxylic acids is 2. The number of aryl methyl sites for hydroxylation is 1. The molecule has 9 heteroatoms. The zero-order valence-corrected chi connectivity index (χ0v) is 21.7. The molecule has 2 aliphatic rings. The van der Waals surface area contributed by atoms with Gasteiger partial charge in [-0.15, -0.1) is 0 Å². The number of fused-ring (bicyclic) bond motifs is 4. The number of nitrogens with zero attached hydrogens (tertiary/aromatic N) is 3. The molecule has 0 bridgehead atoms. The first-order valence-electron chi connectivity index (χ1n) is 12.8. The van der Waals surface area contributed by atoms with Crippen LogP contribution in [0.5, 0.6) is 5.75 Å². The van der Waals surface area contributed by atoms with Gasteiger partial charge in [0, 0.05) is 49.4 Å². The van der Waals surface area contributed by atoms with Gasteiger partial charge in [0.1, 0.15) is 11.6 Å². The van der Waals surface area contributed by atoms with Crippen molar-refractivity contribution in [1.29, 1.82) is 0 Å². The lowest BCUT2D eigenvalue weighted by molar-refractivity contribution is 0.0130. The molecule has 3 heterocycles. The quantitative estimate of drug-likeness (QED) is 0.414. The van der Waals surface area contributed by atoms with Gasteiger partial charge in [0.25, 0.3) is 5.91 Å². The SMILES string of the molecule is COc1ccc2c3c(n(C)c2c1)[C@@H](CO)N(C(=O)Nc1ccccc1F)CC31CN(C(=O)c2ccccc2)C1. The molecule has 2 aliphatic heterocycles. The monoisotopic (exact) mass is 528 g/mol. The lowest BCUT2D eigenvalue weighted by atomic mass is 9.68. The number of anilines is 1. The molecule has 1 atom stereocenters. The Morgan fingerprint density at radius 1 is 1.05 bits per heavy atom. The molecule has 1 spiro atoms. The highest BCUT2D eigenvalue weighted by Crippen LogP contribution is 2.50. The van der Waals surface area contributed by atoms with Crippen LogP contribution in [0.15, 0.2) is 72.8 Å². The van der Waals surface area contributed by atoms with E-state index in [2.05, 4.69) is 5.32 Å². The van der Waals surface area contributed by atoms with E-state index in [1.807, 2.05) is 48.0 Å². The first kappa shape index (κ1) is 24.9. The molecular weight excluding hydrogens is 499 g/mol. The molecule has 2 N–H and O–H groups in total. The number of halogens is 1. The topological polar surface area (TPSA) is 87.0 Å². The Hall–Kier alpha value is -4.37. The van der Waals surface area contributed by atoms with Crippen molar-refractivity contribution in [2.75, 3.05) is 38.7 Å². The number of hydrogen-bond acceptors (Lipinski definition) is 4. The van der Waals surface area contributed by atoms with Crippen molar-refractivity contribution in [3.8, 4) is 5.75 Å². The number of carbonyl (C=O) groups is 2. The summed E-state index contributed by atoms with van der Waals surface area (Å²) < 4.78 is 21.8. The van der Waals surface area contributed by atoms with Gasteiger partial charge in [0.15, 0.2) is 0 Å².